The summed E-state index contributed by atoms with van der Waals surface area (Å²) in [5.41, 5.74) is 2.19. The Morgan fingerprint density at radius 1 is 1.21 bits per heavy atom. The van der Waals surface area contributed by atoms with Gasteiger partial charge in [-0.3, -0.25) is 4.98 Å². The molecule has 0 unspecified atom stereocenters. The third-order valence-electron chi connectivity index (χ3n) is 4.48. The number of furan rings is 1. The van der Waals surface area contributed by atoms with Crippen molar-refractivity contribution in [2.75, 3.05) is 31.1 Å². The Kier molecular flexibility index (Phi) is 4.74. The van der Waals surface area contributed by atoms with Gasteiger partial charge >= 0.3 is 6.03 Å². The van der Waals surface area contributed by atoms with Gasteiger partial charge in [0.15, 0.2) is 0 Å². The summed E-state index contributed by atoms with van der Waals surface area (Å²) in [4.78, 5) is 20.7. The van der Waals surface area contributed by atoms with Gasteiger partial charge in [-0.05, 0) is 39.0 Å². The van der Waals surface area contributed by atoms with Gasteiger partial charge in [-0.25, -0.2) is 4.79 Å². The van der Waals surface area contributed by atoms with Crippen molar-refractivity contribution in [2.24, 2.45) is 0 Å². The maximum absolute atomic E-state index is 12.5. The minimum Gasteiger partial charge on any atom is -0.466 e. The molecule has 1 aliphatic rings. The zero-order valence-electron chi connectivity index (χ0n) is 14.5. The molecule has 3 rings (SSSR count). The molecule has 0 saturated carbocycles. The lowest BCUT2D eigenvalue weighted by Crippen LogP contribution is -2.52. The Balaban J connectivity index is 1.54. The Bertz CT molecular complexity index is 690. The van der Waals surface area contributed by atoms with Crippen LogP contribution in [0, 0.1) is 13.8 Å². The number of rotatable bonds is 3. The number of urea groups is 1. The predicted octanol–water partition coefficient (Wildman–Crippen LogP) is 2.88. The monoisotopic (exact) mass is 328 g/mol. The molecule has 0 aromatic carbocycles. The molecule has 128 valence electrons. The molecule has 24 heavy (non-hydrogen) atoms. The average Bonchev–Trinajstić information content (AvgIpc) is 2.94. The van der Waals surface area contributed by atoms with Crippen LogP contribution in [0.3, 0.4) is 0 Å². The van der Waals surface area contributed by atoms with Crippen LogP contribution in [0.2, 0.25) is 0 Å². The van der Waals surface area contributed by atoms with Gasteiger partial charge in [0.05, 0.1) is 6.04 Å². The summed E-state index contributed by atoms with van der Waals surface area (Å²) in [7, 11) is 0. The van der Waals surface area contributed by atoms with Crippen molar-refractivity contribution in [1.29, 1.82) is 0 Å². The zero-order valence-corrected chi connectivity index (χ0v) is 14.5. The summed E-state index contributed by atoms with van der Waals surface area (Å²) < 4.78 is 5.55. The first-order chi connectivity index (χ1) is 11.5. The molecule has 0 radical (unpaired) electrons. The number of hydrogen-bond acceptors (Lipinski definition) is 4. The second kappa shape index (κ2) is 6.95. The number of carbonyl (C=O) groups excluding carboxylic acids is 1. The summed E-state index contributed by atoms with van der Waals surface area (Å²) in [6, 6.07) is 5.91. The molecule has 1 aliphatic heterocycles. The minimum atomic E-state index is -0.0619. The van der Waals surface area contributed by atoms with E-state index >= 15 is 0 Å². The minimum absolute atomic E-state index is 0.0184. The highest BCUT2D eigenvalue weighted by atomic mass is 16.3. The van der Waals surface area contributed by atoms with Crippen LogP contribution in [0.1, 0.15) is 30.0 Å². The third-order valence-corrected chi connectivity index (χ3v) is 4.48. The van der Waals surface area contributed by atoms with Crippen molar-refractivity contribution in [3.8, 4) is 0 Å². The number of aromatic nitrogens is 1. The fourth-order valence-corrected chi connectivity index (χ4v) is 3.16. The quantitative estimate of drug-likeness (QED) is 0.941. The molecule has 1 atom stereocenters. The van der Waals surface area contributed by atoms with Gasteiger partial charge in [-0.15, -0.1) is 0 Å². The van der Waals surface area contributed by atoms with Gasteiger partial charge in [0.1, 0.15) is 11.5 Å². The maximum atomic E-state index is 12.5. The predicted molar refractivity (Wildman–Crippen MR) is 93.2 cm³/mol. The fraction of sp³-hybridized carbons (Fsp3) is 0.444. The second-order valence-corrected chi connectivity index (χ2v) is 6.22. The first-order valence-electron chi connectivity index (χ1n) is 8.32. The zero-order chi connectivity index (χ0) is 17.1. The van der Waals surface area contributed by atoms with E-state index in [1.807, 2.05) is 43.9 Å². The summed E-state index contributed by atoms with van der Waals surface area (Å²) in [6.07, 6.45) is 3.59. The van der Waals surface area contributed by atoms with Crippen LogP contribution in [0.25, 0.3) is 0 Å². The van der Waals surface area contributed by atoms with E-state index < -0.39 is 0 Å². The lowest BCUT2D eigenvalue weighted by atomic mass is 10.1. The van der Waals surface area contributed by atoms with Gasteiger partial charge in [0.2, 0.25) is 0 Å². The number of hydrogen-bond donors (Lipinski definition) is 1. The van der Waals surface area contributed by atoms with E-state index in [0.717, 1.165) is 35.9 Å². The molecule has 0 spiro atoms. The van der Waals surface area contributed by atoms with Crippen LogP contribution in [0.15, 0.2) is 35.0 Å². The summed E-state index contributed by atoms with van der Waals surface area (Å²) in [5.74, 6) is 1.73. The van der Waals surface area contributed by atoms with Crippen LogP contribution >= 0.6 is 0 Å². The van der Waals surface area contributed by atoms with Crippen LogP contribution in [0.4, 0.5) is 10.5 Å². The lowest BCUT2D eigenvalue weighted by Gasteiger charge is -2.36. The number of carbonyl (C=O) groups is 1. The van der Waals surface area contributed by atoms with E-state index in [9.17, 15) is 4.79 Å². The second-order valence-electron chi connectivity index (χ2n) is 6.22. The van der Waals surface area contributed by atoms with Gasteiger partial charge in [0.25, 0.3) is 0 Å². The Labute approximate surface area is 142 Å². The molecule has 6 heteroatoms. The molecule has 1 N–H and O–H groups in total. The normalized spacial score (nSPS) is 16.1. The van der Waals surface area contributed by atoms with E-state index in [4.69, 9.17) is 4.42 Å². The van der Waals surface area contributed by atoms with Crippen molar-refractivity contribution >= 4 is 11.7 Å². The number of anilines is 1. The van der Waals surface area contributed by atoms with E-state index in [1.54, 1.807) is 12.4 Å². The largest absolute Gasteiger partial charge is 0.466 e. The maximum Gasteiger partial charge on any atom is 0.317 e. The Hall–Kier alpha value is -2.50. The fourth-order valence-electron chi connectivity index (χ4n) is 3.16. The van der Waals surface area contributed by atoms with Crippen molar-refractivity contribution in [3.63, 3.8) is 0 Å². The molecule has 0 bridgehead atoms. The number of aryl methyl sites for hydroxylation is 2. The summed E-state index contributed by atoms with van der Waals surface area (Å²) in [5, 5.41) is 3.07. The number of nitrogens with one attached hydrogen (secondary N) is 1. The van der Waals surface area contributed by atoms with Gasteiger partial charge in [-0.2, -0.15) is 0 Å². The van der Waals surface area contributed by atoms with E-state index in [0.29, 0.717) is 13.1 Å². The highest BCUT2D eigenvalue weighted by molar-refractivity contribution is 5.75. The molecule has 2 aromatic heterocycles. The van der Waals surface area contributed by atoms with Crippen molar-refractivity contribution in [3.05, 3.63) is 47.7 Å². The molecular weight excluding hydrogens is 304 g/mol. The van der Waals surface area contributed by atoms with Gasteiger partial charge < -0.3 is 19.5 Å². The van der Waals surface area contributed by atoms with E-state index in [2.05, 4.69) is 15.2 Å². The van der Waals surface area contributed by atoms with Crippen molar-refractivity contribution in [2.45, 2.75) is 26.8 Å². The standard InChI is InChI=1S/C18H24N4O2/c1-13-12-17(15(3)24-13)14(2)20-18(23)22-10-8-21(9-11-22)16-4-6-19-7-5-16/h4-7,12,14H,8-11H2,1-3H3,(H,20,23)/t14-/m1/s1. The van der Waals surface area contributed by atoms with Gasteiger partial charge in [0, 0.05) is 49.8 Å². The summed E-state index contributed by atoms with van der Waals surface area (Å²) >= 11 is 0. The number of pyridine rings is 1. The van der Waals surface area contributed by atoms with Crippen molar-refractivity contribution < 1.29 is 9.21 Å². The molecule has 1 saturated heterocycles. The number of piperazine rings is 1. The Morgan fingerprint density at radius 3 is 2.46 bits per heavy atom. The number of amides is 2. The highest BCUT2D eigenvalue weighted by Gasteiger charge is 2.23. The topological polar surface area (TPSA) is 61.6 Å². The molecular formula is C18H24N4O2. The van der Waals surface area contributed by atoms with E-state index in [-0.39, 0.29) is 12.1 Å². The molecule has 2 aromatic rings. The first-order valence-corrected chi connectivity index (χ1v) is 8.32. The van der Waals surface area contributed by atoms with Crippen LogP contribution < -0.4 is 10.2 Å². The molecule has 1 fully saturated rings. The molecule has 6 nitrogen and oxygen atoms in total. The van der Waals surface area contributed by atoms with E-state index in [1.165, 1.54) is 0 Å². The smallest absolute Gasteiger partial charge is 0.317 e. The third kappa shape index (κ3) is 3.53. The van der Waals surface area contributed by atoms with Crippen LogP contribution in [-0.2, 0) is 0 Å². The van der Waals surface area contributed by atoms with Crippen LogP contribution in [-0.4, -0.2) is 42.1 Å². The highest BCUT2D eigenvalue weighted by Crippen LogP contribution is 2.21. The summed E-state index contributed by atoms with van der Waals surface area (Å²) in [6.45, 7) is 8.92. The SMILES string of the molecule is Cc1cc([C@@H](C)NC(=O)N2CCN(c3ccncc3)CC2)c(C)o1. The Morgan fingerprint density at radius 2 is 1.88 bits per heavy atom. The molecule has 0 aliphatic carbocycles. The van der Waals surface area contributed by atoms with Crippen molar-refractivity contribution in [1.82, 2.24) is 15.2 Å². The average molecular weight is 328 g/mol. The first kappa shape index (κ1) is 16.4. The van der Waals surface area contributed by atoms with Gasteiger partial charge in [-0.1, -0.05) is 0 Å². The lowest BCUT2D eigenvalue weighted by molar-refractivity contribution is 0.191. The van der Waals surface area contributed by atoms with Crippen LogP contribution in [0.5, 0.6) is 0 Å². The molecule has 3 heterocycles. The number of nitrogens with zero attached hydrogens (tertiary/aromatic N) is 3. The molecule has 2 amide bonds.